The first-order valence-electron chi connectivity index (χ1n) is 5.62. The van der Waals surface area contributed by atoms with E-state index in [2.05, 4.69) is 23.2 Å². The summed E-state index contributed by atoms with van der Waals surface area (Å²) in [7, 11) is 2.16. The second-order valence-electron chi connectivity index (χ2n) is 4.63. The molecule has 1 aromatic heterocycles. The molecule has 2 N–H and O–H groups in total. The lowest BCUT2D eigenvalue weighted by atomic mass is 9.86. The van der Waals surface area contributed by atoms with Crippen LogP contribution in [-0.4, -0.2) is 17.5 Å². The lowest BCUT2D eigenvalue weighted by molar-refractivity contribution is 0.337. The Hall–Kier alpha value is -0.770. The normalized spacial score (nSPS) is 26.5. The van der Waals surface area contributed by atoms with E-state index in [1.165, 1.54) is 42.2 Å². The molecule has 0 saturated heterocycles. The molecule has 1 saturated carbocycles. The van der Waals surface area contributed by atoms with Crippen LogP contribution in [0.5, 0.6) is 0 Å². The van der Waals surface area contributed by atoms with Crippen LogP contribution < -0.4 is 10.6 Å². The molecule has 0 bridgehead atoms. The molecule has 1 fully saturated rings. The van der Waals surface area contributed by atoms with Crippen molar-refractivity contribution in [3.63, 3.8) is 0 Å². The van der Waals surface area contributed by atoms with Crippen molar-refractivity contribution < 1.29 is 0 Å². The van der Waals surface area contributed by atoms with Gasteiger partial charge in [0.05, 0.1) is 0 Å². The molecule has 3 nitrogen and oxygen atoms in total. The molecular formula is C11H19N3S. The van der Waals surface area contributed by atoms with Crippen molar-refractivity contribution in [1.29, 1.82) is 0 Å². The molecule has 15 heavy (non-hydrogen) atoms. The van der Waals surface area contributed by atoms with Gasteiger partial charge in [-0.25, -0.2) is 0 Å². The Labute approximate surface area is 95.4 Å². The maximum atomic E-state index is 5.65. The van der Waals surface area contributed by atoms with E-state index in [-0.39, 0.29) is 0 Å². The van der Waals surface area contributed by atoms with Crippen LogP contribution >= 0.6 is 11.5 Å². The molecule has 1 aromatic rings. The fourth-order valence-electron chi connectivity index (χ4n) is 2.38. The van der Waals surface area contributed by atoms with E-state index in [9.17, 15) is 0 Å². The summed E-state index contributed by atoms with van der Waals surface area (Å²) in [6, 6.07) is 2.65. The van der Waals surface area contributed by atoms with Gasteiger partial charge in [0, 0.05) is 19.2 Å². The highest BCUT2D eigenvalue weighted by Gasteiger charge is 2.23. The zero-order valence-electron chi connectivity index (χ0n) is 9.44. The van der Waals surface area contributed by atoms with Crippen LogP contribution in [0.15, 0.2) is 6.07 Å². The Bertz CT molecular complexity index is 323. The van der Waals surface area contributed by atoms with E-state index < -0.39 is 0 Å². The van der Waals surface area contributed by atoms with Crippen molar-refractivity contribution in [2.75, 3.05) is 17.7 Å². The molecule has 0 spiro atoms. The fourth-order valence-corrected chi connectivity index (χ4v) is 3.08. The summed E-state index contributed by atoms with van der Waals surface area (Å²) in [5, 5.41) is 1.20. The number of hydrogen-bond acceptors (Lipinski definition) is 4. The van der Waals surface area contributed by atoms with Gasteiger partial charge >= 0.3 is 0 Å². The first kappa shape index (κ1) is 10.7. The van der Waals surface area contributed by atoms with Crippen molar-refractivity contribution in [3.05, 3.63) is 6.07 Å². The van der Waals surface area contributed by atoms with Crippen LogP contribution in [0.3, 0.4) is 0 Å². The SMILES string of the molecule is CC1CCCC(N(C)c2cc(N)ns2)C1. The third kappa shape index (κ3) is 2.43. The van der Waals surface area contributed by atoms with E-state index >= 15 is 0 Å². The van der Waals surface area contributed by atoms with Crippen LogP contribution in [0.25, 0.3) is 0 Å². The van der Waals surface area contributed by atoms with Crippen LogP contribution in [-0.2, 0) is 0 Å². The van der Waals surface area contributed by atoms with Crippen molar-refractivity contribution in [1.82, 2.24) is 4.37 Å². The predicted molar refractivity (Wildman–Crippen MR) is 66.3 cm³/mol. The van der Waals surface area contributed by atoms with Gasteiger partial charge in [-0.1, -0.05) is 19.8 Å². The molecule has 2 atom stereocenters. The van der Waals surface area contributed by atoms with Gasteiger partial charge < -0.3 is 10.6 Å². The Balaban J connectivity index is 2.03. The lowest BCUT2D eigenvalue weighted by Gasteiger charge is -2.34. The Morgan fingerprint density at radius 3 is 2.93 bits per heavy atom. The minimum Gasteiger partial charge on any atom is -0.383 e. The van der Waals surface area contributed by atoms with Crippen LogP contribution in [0.1, 0.15) is 32.6 Å². The van der Waals surface area contributed by atoms with Crippen molar-refractivity contribution >= 4 is 22.4 Å². The number of nitrogens with zero attached hydrogens (tertiary/aromatic N) is 2. The molecule has 1 aliphatic rings. The van der Waals surface area contributed by atoms with Crippen molar-refractivity contribution in [2.45, 2.75) is 38.6 Å². The minimum absolute atomic E-state index is 0.644. The summed E-state index contributed by atoms with van der Waals surface area (Å²) >= 11 is 1.50. The average molecular weight is 225 g/mol. The zero-order chi connectivity index (χ0) is 10.8. The largest absolute Gasteiger partial charge is 0.383 e. The molecule has 2 rings (SSSR count). The molecule has 0 aliphatic heterocycles. The van der Waals surface area contributed by atoms with Gasteiger partial charge in [-0.15, -0.1) is 0 Å². The third-order valence-corrected chi connectivity index (χ3v) is 4.22. The Morgan fingerprint density at radius 2 is 2.33 bits per heavy atom. The molecular weight excluding hydrogens is 206 g/mol. The number of nitrogens with two attached hydrogens (primary N) is 1. The second-order valence-corrected chi connectivity index (χ2v) is 5.41. The average Bonchev–Trinajstić information content (AvgIpc) is 2.64. The van der Waals surface area contributed by atoms with Crippen LogP contribution in [0, 0.1) is 5.92 Å². The van der Waals surface area contributed by atoms with Crippen molar-refractivity contribution in [3.8, 4) is 0 Å². The fraction of sp³-hybridized carbons (Fsp3) is 0.727. The highest BCUT2D eigenvalue weighted by atomic mass is 32.1. The Kier molecular flexibility index (Phi) is 3.14. The van der Waals surface area contributed by atoms with Crippen LogP contribution in [0.4, 0.5) is 10.8 Å². The number of rotatable bonds is 2. The summed E-state index contributed by atoms with van der Waals surface area (Å²) in [6.45, 7) is 2.35. The quantitative estimate of drug-likeness (QED) is 0.841. The maximum Gasteiger partial charge on any atom is 0.139 e. The lowest BCUT2D eigenvalue weighted by Crippen LogP contribution is -2.35. The second kappa shape index (κ2) is 4.39. The molecule has 1 aliphatic carbocycles. The van der Waals surface area contributed by atoms with E-state index in [1.807, 2.05) is 6.07 Å². The first-order chi connectivity index (χ1) is 7.16. The smallest absolute Gasteiger partial charge is 0.139 e. The standard InChI is InChI=1S/C11H19N3S/c1-8-4-3-5-9(6-8)14(2)11-7-10(12)13-15-11/h7-9H,3-6H2,1-2H3,(H2,12,13). The van der Waals surface area contributed by atoms with Gasteiger partial charge in [-0.2, -0.15) is 4.37 Å². The van der Waals surface area contributed by atoms with Gasteiger partial charge in [0.15, 0.2) is 0 Å². The number of hydrogen-bond donors (Lipinski definition) is 1. The van der Waals surface area contributed by atoms with E-state index in [1.54, 1.807) is 0 Å². The minimum atomic E-state index is 0.644. The number of aromatic nitrogens is 1. The number of anilines is 2. The van der Waals surface area contributed by atoms with Gasteiger partial charge in [-0.05, 0) is 30.3 Å². The van der Waals surface area contributed by atoms with Gasteiger partial charge in [0.1, 0.15) is 10.8 Å². The van der Waals surface area contributed by atoms with Gasteiger partial charge in [0.25, 0.3) is 0 Å². The molecule has 0 amide bonds. The number of nitrogen functional groups attached to an aromatic ring is 1. The van der Waals surface area contributed by atoms with Crippen molar-refractivity contribution in [2.24, 2.45) is 5.92 Å². The zero-order valence-corrected chi connectivity index (χ0v) is 10.3. The molecule has 1 heterocycles. The van der Waals surface area contributed by atoms with E-state index in [0.29, 0.717) is 11.9 Å². The molecule has 0 radical (unpaired) electrons. The highest BCUT2D eigenvalue weighted by Crippen LogP contribution is 2.31. The summed E-state index contributed by atoms with van der Waals surface area (Å²) in [4.78, 5) is 2.35. The van der Waals surface area contributed by atoms with Gasteiger partial charge in [-0.3, -0.25) is 0 Å². The summed E-state index contributed by atoms with van der Waals surface area (Å²) in [5.41, 5.74) is 5.65. The Morgan fingerprint density at radius 1 is 1.53 bits per heavy atom. The topological polar surface area (TPSA) is 42.1 Å². The summed E-state index contributed by atoms with van der Waals surface area (Å²) in [6.07, 6.45) is 5.34. The van der Waals surface area contributed by atoms with Crippen LogP contribution in [0.2, 0.25) is 0 Å². The monoisotopic (exact) mass is 225 g/mol. The highest BCUT2D eigenvalue weighted by molar-refractivity contribution is 7.10. The summed E-state index contributed by atoms with van der Waals surface area (Å²) < 4.78 is 4.13. The molecule has 0 aromatic carbocycles. The van der Waals surface area contributed by atoms with Gasteiger partial charge in [0.2, 0.25) is 0 Å². The maximum absolute atomic E-state index is 5.65. The summed E-state index contributed by atoms with van der Waals surface area (Å²) in [5.74, 6) is 1.50. The predicted octanol–water partition coefficient (Wildman–Crippen LogP) is 2.74. The molecule has 84 valence electrons. The van der Waals surface area contributed by atoms with E-state index in [0.717, 1.165) is 5.92 Å². The molecule has 2 unspecified atom stereocenters. The molecule has 4 heteroatoms. The first-order valence-corrected chi connectivity index (χ1v) is 6.39. The van der Waals surface area contributed by atoms with E-state index in [4.69, 9.17) is 5.73 Å². The third-order valence-electron chi connectivity index (χ3n) is 3.32.